The van der Waals surface area contributed by atoms with Gasteiger partial charge >= 0.3 is 0 Å². The van der Waals surface area contributed by atoms with Crippen molar-refractivity contribution >= 4 is 17.5 Å². The van der Waals surface area contributed by atoms with Crippen LogP contribution >= 0.6 is 0 Å². The molecule has 7 nitrogen and oxygen atoms in total. The summed E-state index contributed by atoms with van der Waals surface area (Å²) in [4.78, 5) is 25.7. The van der Waals surface area contributed by atoms with Gasteiger partial charge in [0.2, 0.25) is 0 Å². The average molecular weight is 446 g/mol. The molecular formula is C24H32FN3O4. The first kappa shape index (κ1) is 23.9. The van der Waals surface area contributed by atoms with Crippen molar-refractivity contribution in [3.05, 3.63) is 52.1 Å². The molecule has 0 bridgehead atoms. The molecule has 8 heteroatoms. The average Bonchev–Trinajstić information content (AvgIpc) is 2.94. The molecule has 1 aliphatic carbocycles. The standard InChI is InChI=1S/C24H32FN3O4/c1-13-12-17(6-7-18(13)25)27-22(30)19-14(2)20(28(5)15(19)3)21(29)23(31)26-16-8-10-24(4,32)11-9-16/h6-7,12,16,21,29,32H,8-11H2,1-5H3,(H,26,31)(H,27,30). The monoisotopic (exact) mass is 445 g/mol. The second-order valence-electron chi connectivity index (χ2n) is 9.13. The van der Waals surface area contributed by atoms with Gasteiger partial charge in [0.05, 0.1) is 16.9 Å². The third-order valence-corrected chi connectivity index (χ3v) is 6.54. The van der Waals surface area contributed by atoms with Gasteiger partial charge in [-0.3, -0.25) is 9.59 Å². The van der Waals surface area contributed by atoms with E-state index in [-0.39, 0.29) is 11.9 Å². The van der Waals surface area contributed by atoms with Gasteiger partial charge in [-0.15, -0.1) is 0 Å². The van der Waals surface area contributed by atoms with E-state index in [2.05, 4.69) is 10.6 Å². The van der Waals surface area contributed by atoms with E-state index >= 15 is 0 Å². The number of hydrogen-bond acceptors (Lipinski definition) is 4. The van der Waals surface area contributed by atoms with Crippen LogP contribution in [0.25, 0.3) is 0 Å². The van der Waals surface area contributed by atoms with Crippen LogP contribution in [-0.2, 0) is 11.8 Å². The molecule has 1 atom stereocenters. The number of amides is 2. The zero-order chi connectivity index (χ0) is 23.8. The zero-order valence-corrected chi connectivity index (χ0v) is 19.3. The minimum atomic E-state index is -1.43. The Balaban J connectivity index is 1.78. The fourth-order valence-electron chi connectivity index (χ4n) is 4.43. The van der Waals surface area contributed by atoms with Crippen molar-refractivity contribution in [3.8, 4) is 0 Å². The zero-order valence-electron chi connectivity index (χ0n) is 19.3. The third-order valence-electron chi connectivity index (χ3n) is 6.54. The number of carbonyl (C=O) groups is 2. The van der Waals surface area contributed by atoms with Crippen LogP contribution in [0.2, 0.25) is 0 Å². The number of aliphatic hydroxyl groups excluding tert-OH is 1. The van der Waals surface area contributed by atoms with Crippen LogP contribution in [0, 0.1) is 26.6 Å². The molecule has 0 spiro atoms. The van der Waals surface area contributed by atoms with Crippen molar-refractivity contribution in [2.24, 2.45) is 7.05 Å². The van der Waals surface area contributed by atoms with Crippen molar-refractivity contribution in [1.29, 1.82) is 0 Å². The van der Waals surface area contributed by atoms with Gasteiger partial charge in [-0.1, -0.05) is 0 Å². The Bertz CT molecular complexity index is 1030. The summed E-state index contributed by atoms with van der Waals surface area (Å²) in [5, 5.41) is 26.5. The first-order chi connectivity index (χ1) is 14.9. The fourth-order valence-corrected chi connectivity index (χ4v) is 4.43. The summed E-state index contributed by atoms with van der Waals surface area (Å²) in [7, 11) is 1.70. The molecule has 0 aliphatic heterocycles. The van der Waals surface area contributed by atoms with Gasteiger partial charge in [0.1, 0.15) is 5.82 Å². The number of benzene rings is 1. The number of anilines is 1. The predicted octanol–water partition coefficient (Wildman–Crippen LogP) is 3.18. The maximum absolute atomic E-state index is 13.5. The predicted molar refractivity (Wildman–Crippen MR) is 120 cm³/mol. The molecule has 4 N–H and O–H groups in total. The molecule has 1 aromatic heterocycles. The van der Waals surface area contributed by atoms with E-state index in [0.717, 1.165) is 0 Å². The first-order valence-corrected chi connectivity index (χ1v) is 10.9. The van der Waals surface area contributed by atoms with Crippen LogP contribution < -0.4 is 10.6 Å². The molecule has 1 saturated carbocycles. The number of nitrogens with zero attached hydrogens (tertiary/aromatic N) is 1. The van der Waals surface area contributed by atoms with Gasteiger partial charge in [-0.05, 0) is 82.7 Å². The Hall–Kier alpha value is -2.71. The molecule has 2 amide bonds. The van der Waals surface area contributed by atoms with Crippen LogP contribution in [0.5, 0.6) is 0 Å². The number of halogens is 1. The summed E-state index contributed by atoms with van der Waals surface area (Å²) in [5.74, 6) is -1.27. The van der Waals surface area contributed by atoms with Crippen LogP contribution in [0.15, 0.2) is 18.2 Å². The molecule has 2 aromatic rings. The van der Waals surface area contributed by atoms with Crippen LogP contribution in [0.1, 0.15) is 71.6 Å². The van der Waals surface area contributed by atoms with Crippen molar-refractivity contribution in [2.45, 2.75) is 71.1 Å². The molecule has 174 valence electrons. The summed E-state index contributed by atoms with van der Waals surface area (Å²) < 4.78 is 15.2. The van der Waals surface area contributed by atoms with Crippen molar-refractivity contribution in [1.82, 2.24) is 9.88 Å². The fraction of sp³-hybridized carbons (Fsp3) is 0.500. The van der Waals surface area contributed by atoms with E-state index in [4.69, 9.17) is 0 Å². The first-order valence-electron chi connectivity index (χ1n) is 10.9. The van der Waals surface area contributed by atoms with Gasteiger partial charge in [0.15, 0.2) is 6.10 Å². The number of carbonyl (C=O) groups excluding carboxylic acids is 2. The topological polar surface area (TPSA) is 104 Å². The Kier molecular flexibility index (Phi) is 6.76. The highest BCUT2D eigenvalue weighted by Gasteiger charge is 2.33. The Morgan fingerprint density at radius 1 is 1.22 bits per heavy atom. The van der Waals surface area contributed by atoms with E-state index in [1.807, 2.05) is 0 Å². The summed E-state index contributed by atoms with van der Waals surface area (Å²) in [6, 6.07) is 4.22. The Morgan fingerprint density at radius 2 is 1.84 bits per heavy atom. The van der Waals surface area contributed by atoms with Crippen molar-refractivity contribution in [2.75, 3.05) is 5.32 Å². The SMILES string of the molecule is Cc1cc(NC(=O)c2c(C)c(C(O)C(=O)NC3CCC(C)(O)CC3)n(C)c2C)ccc1F. The quantitative estimate of drug-likeness (QED) is 0.567. The van der Waals surface area contributed by atoms with E-state index in [1.165, 1.54) is 12.1 Å². The smallest absolute Gasteiger partial charge is 0.257 e. The highest BCUT2D eigenvalue weighted by atomic mass is 19.1. The number of nitrogens with one attached hydrogen (secondary N) is 2. The Morgan fingerprint density at radius 3 is 2.44 bits per heavy atom. The van der Waals surface area contributed by atoms with Gasteiger partial charge < -0.3 is 25.4 Å². The molecular weight excluding hydrogens is 413 g/mol. The molecule has 0 saturated heterocycles. The summed E-state index contributed by atoms with van der Waals surface area (Å²) in [6.45, 7) is 6.84. The number of aliphatic hydroxyl groups is 2. The lowest BCUT2D eigenvalue weighted by Gasteiger charge is -2.33. The van der Waals surface area contributed by atoms with Gasteiger partial charge in [-0.2, -0.15) is 0 Å². The maximum atomic E-state index is 13.5. The minimum Gasteiger partial charge on any atom is -0.390 e. The van der Waals surface area contributed by atoms with Crippen LogP contribution in [0.4, 0.5) is 10.1 Å². The largest absolute Gasteiger partial charge is 0.390 e. The summed E-state index contributed by atoms with van der Waals surface area (Å²) in [5.41, 5.74) is 2.00. The molecule has 1 aliphatic rings. The molecule has 1 aromatic carbocycles. The molecule has 1 fully saturated rings. The van der Waals surface area contributed by atoms with E-state index in [9.17, 15) is 24.2 Å². The Labute approximate surface area is 187 Å². The molecule has 3 rings (SSSR count). The highest BCUT2D eigenvalue weighted by Crippen LogP contribution is 2.30. The van der Waals surface area contributed by atoms with Gasteiger partial charge in [-0.25, -0.2) is 4.39 Å². The molecule has 0 radical (unpaired) electrons. The molecule has 32 heavy (non-hydrogen) atoms. The summed E-state index contributed by atoms with van der Waals surface area (Å²) in [6.07, 6.45) is 1.02. The molecule has 1 unspecified atom stereocenters. The lowest BCUT2D eigenvalue weighted by atomic mass is 9.83. The van der Waals surface area contributed by atoms with E-state index in [0.29, 0.717) is 59.4 Å². The van der Waals surface area contributed by atoms with Crippen molar-refractivity contribution < 1.29 is 24.2 Å². The van der Waals surface area contributed by atoms with Crippen LogP contribution in [0.3, 0.4) is 0 Å². The van der Waals surface area contributed by atoms with Gasteiger partial charge in [0.25, 0.3) is 11.8 Å². The third kappa shape index (κ3) is 4.86. The molecule has 1 heterocycles. The lowest BCUT2D eigenvalue weighted by Crippen LogP contribution is -2.44. The lowest BCUT2D eigenvalue weighted by molar-refractivity contribution is -0.131. The minimum absolute atomic E-state index is 0.108. The van der Waals surface area contributed by atoms with Gasteiger partial charge in [0, 0.05) is 24.5 Å². The maximum Gasteiger partial charge on any atom is 0.257 e. The second-order valence-corrected chi connectivity index (χ2v) is 9.13. The highest BCUT2D eigenvalue weighted by molar-refractivity contribution is 6.06. The van der Waals surface area contributed by atoms with E-state index < -0.39 is 23.5 Å². The number of aromatic nitrogens is 1. The number of aryl methyl sites for hydroxylation is 1. The number of rotatable bonds is 5. The van der Waals surface area contributed by atoms with E-state index in [1.54, 1.807) is 45.4 Å². The normalized spacial score (nSPS) is 21.8. The second kappa shape index (κ2) is 9.03. The number of hydrogen-bond donors (Lipinski definition) is 4. The van der Waals surface area contributed by atoms with Crippen LogP contribution in [-0.4, -0.2) is 38.2 Å². The van der Waals surface area contributed by atoms with Crippen molar-refractivity contribution in [3.63, 3.8) is 0 Å². The summed E-state index contributed by atoms with van der Waals surface area (Å²) >= 11 is 0.